The predicted molar refractivity (Wildman–Crippen MR) is 53.7 cm³/mol. The van der Waals surface area contributed by atoms with Crippen LogP contribution in [0.25, 0.3) is 0 Å². The summed E-state index contributed by atoms with van der Waals surface area (Å²) in [5, 5.41) is 8.59. The van der Waals surface area contributed by atoms with Crippen LogP contribution in [-0.2, 0) is 4.79 Å². The minimum atomic E-state index is -0.630. The Balaban J connectivity index is 0.00000144. The van der Waals surface area contributed by atoms with E-state index < -0.39 is 5.97 Å². The fourth-order valence-electron chi connectivity index (χ4n) is 2.09. The second-order valence-electron chi connectivity index (χ2n) is 3.89. The number of carboxylic acid groups (broad SMARTS) is 1. The fraction of sp³-hybridized carbons (Fsp3) is 0.900. The summed E-state index contributed by atoms with van der Waals surface area (Å²) in [6.45, 7) is 2.22. The Labute approximate surface area is 92.3 Å². The number of hydrogen-bond acceptors (Lipinski definition) is 1. The van der Waals surface area contributed by atoms with E-state index in [1.807, 2.05) is 0 Å². The zero-order chi connectivity index (χ0) is 8.97. The van der Waals surface area contributed by atoms with Crippen LogP contribution in [0, 0.1) is 11.8 Å². The second kappa shape index (κ2) is 6.51. The standard InChI is InChI=1S/C10H18O2.Li/c1-2-8-3-5-9(6-4-8)7-10(11)12;/h8-9H,2-7H2,1H3,(H,11,12);. The molecule has 0 aliphatic heterocycles. The molecule has 0 heterocycles. The summed E-state index contributed by atoms with van der Waals surface area (Å²) in [6.07, 6.45) is 6.40. The minimum Gasteiger partial charge on any atom is -0.481 e. The third-order valence-electron chi connectivity index (χ3n) is 3.01. The van der Waals surface area contributed by atoms with Crippen molar-refractivity contribution in [3.8, 4) is 0 Å². The van der Waals surface area contributed by atoms with Crippen LogP contribution in [0.2, 0.25) is 0 Å². The Kier molecular flexibility index (Phi) is 6.54. The van der Waals surface area contributed by atoms with Crippen molar-refractivity contribution in [1.82, 2.24) is 0 Å². The van der Waals surface area contributed by atoms with Gasteiger partial charge in [-0.05, 0) is 24.7 Å². The summed E-state index contributed by atoms with van der Waals surface area (Å²) in [6, 6.07) is 0. The molecule has 1 fully saturated rings. The maximum Gasteiger partial charge on any atom is 0.303 e. The molecule has 0 aromatic heterocycles. The first-order valence-corrected chi connectivity index (χ1v) is 4.94. The molecular formula is C10H18LiO2. The van der Waals surface area contributed by atoms with Crippen molar-refractivity contribution in [3.05, 3.63) is 0 Å². The van der Waals surface area contributed by atoms with Crippen LogP contribution in [0.4, 0.5) is 0 Å². The molecule has 1 N–H and O–H groups in total. The molecule has 1 saturated carbocycles. The molecule has 0 saturated heterocycles. The average Bonchev–Trinajstić information content (AvgIpc) is 2.05. The van der Waals surface area contributed by atoms with Crippen molar-refractivity contribution in [3.63, 3.8) is 0 Å². The Morgan fingerprint density at radius 1 is 1.23 bits per heavy atom. The molecule has 2 nitrogen and oxygen atoms in total. The van der Waals surface area contributed by atoms with Crippen LogP contribution in [0.15, 0.2) is 0 Å². The molecular weight excluding hydrogens is 159 g/mol. The molecule has 0 unspecified atom stereocenters. The molecule has 1 aliphatic carbocycles. The first-order chi connectivity index (χ1) is 5.72. The van der Waals surface area contributed by atoms with Crippen LogP contribution in [0.5, 0.6) is 0 Å². The molecule has 3 heteroatoms. The van der Waals surface area contributed by atoms with Gasteiger partial charge in [-0.25, -0.2) is 0 Å². The third kappa shape index (κ3) is 4.74. The summed E-state index contributed by atoms with van der Waals surface area (Å²) < 4.78 is 0. The van der Waals surface area contributed by atoms with Gasteiger partial charge in [-0.15, -0.1) is 0 Å². The number of carbonyl (C=O) groups is 1. The molecule has 0 bridgehead atoms. The smallest absolute Gasteiger partial charge is 0.303 e. The van der Waals surface area contributed by atoms with E-state index in [0.717, 1.165) is 18.8 Å². The summed E-state index contributed by atoms with van der Waals surface area (Å²) in [7, 11) is 0. The van der Waals surface area contributed by atoms with Gasteiger partial charge in [-0.3, -0.25) is 4.79 Å². The van der Waals surface area contributed by atoms with Gasteiger partial charge >= 0.3 is 5.97 Å². The Morgan fingerprint density at radius 2 is 1.69 bits per heavy atom. The van der Waals surface area contributed by atoms with E-state index in [1.54, 1.807) is 0 Å². The molecule has 71 valence electrons. The first-order valence-electron chi connectivity index (χ1n) is 4.94. The quantitative estimate of drug-likeness (QED) is 0.671. The van der Waals surface area contributed by atoms with Gasteiger partial charge in [-0.2, -0.15) is 0 Å². The Morgan fingerprint density at radius 3 is 2.08 bits per heavy atom. The van der Waals surface area contributed by atoms with Crippen LogP contribution in [-0.4, -0.2) is 29.9 Å². The molecule has 0 amide bonds. The molecule has 13 heavy (non-hydrogen) atoms. The molecule has 1 radical (unpaired) electrons. The normalized spacial score (nSPS) is 27.8. The average molecular weight is 177 g/mol. The van der Waals surface area contributed by atoms with Gasteiger partial charge in [0.15, 0.2) is 0 Å². The van der Waals surface area contributed by atoms with E-state index in [-0.39, 0.29) is 18.9 Å². The van der Waals surface area contributed by atoms with E-state index >= 15 is 0 Å². The van der Waals surface area contributed by atoms with Crippen molar-refractivity contribution in [1.29, 1.82) is 0 Å². The SMILES string of the molecule is CCC1CCC(CC(=O)O)CC1.[Li]. The van der Waals surface area contributed by atoms with Crippen LogP contribution >= 0.6 is 0 Å². The van der Waals surface area contributed by atoms with E-state index in [0.29, 0.717) is 12.3 Å². The maximum absolute atomic E-state index is 10.4. The molecule has 1 rings (SSSR count). The van der Waals surface area contributed by atoms with Crippen molar-refractivity contribution >= 4 is 24.8 Å². The second-order valence-corrected chi connectivity index (χ2v) is 3.89. The molecule has 1 aliphatic rings. The first kappa shape index (κ1) is 13.1. The van der Waals surface area contributed by atoms with E-state index in [2.05, 4.69) is 6.92 Å². The van der Waals surface area contributed by atoms with Gasteiger partial charge in [0, 0.05) is 25.3 Å². The van der Waals surface area contributed by atoms with Gasteiger partial charge in [-0.1, -0.05) is 26.2 Å². The summed E-state index contributed by atoms with van der Waals surface area (Å²) in [4.78, 5) is 10.4. The number of carboxylic acids is 1. The molecule has 0 atom stereocenters. The van der Waals surface area contributed by atoms with Gasteiger partial charge < -0.3 is 5.11 Å². The largest absolute Gasteiger partial charge is 0.481 e. The van der Waals surface area contributed by atoms with E-state index in [1.165, 1.54) is 19.3 Å². The Hall–Kier alpha value is 0.0674. The van der Waals surface area contributed by atoms with Gasteiger partial charge in [0.2, 0.25) is 0 Å². The topological polar surface area (TPSA) is 37.3 Å². The van der Waals surface area contributed by atoms with Crippen molar-refractivity contribution in [2.45, 2.75) is 45.4 Å². The number of aliphatic carboxylic acids is 1. The fourth-order valence-corrected chi connectivity index (χ4v) is 2.09. The van der Waals surface area contributed by atoms with E-state index in [9.17, 15) is 4.79 Å². The zero-order valence-electron chi connectivity index (χ0n) is 8.75. The monoisotopic (exact) mass is 177 g/mol. The molecule has 0 aromatic rings. The van der Waals surface area contributed by atoms with Crippen LogP contribution < -0.4 is 0 Å². The molecule has 0 spiro atoms. The number of hydrogen-bond donors (Lipinski definition) is 1. The predicted octanol–water partition coefficient (Wildman–Crippen LogP) is 2.30. The van der Waals surface area contributed by atoms with Gasteiger partial charge in [0.1, 0.15) is 0 Å². The van der Waals surface area contributed by atoms with Crippen LogP contribution in [0.3, 0.4) is 0 Å². The minimum absolute atomic E-state index is 0. The zero-order valence-corrected chi connectivity index (χ0v) is 8.75. The van der Waals surface area contributed by atoms with Crippen molar-refractivity contribution < 1.29 is 9.90 Å². The van der Waals surface area contributed by atoms with Crippen LogP contribution in [0.1, 0.15) is 45.4 Å². The number of rotatable bonds is 3. The van der Waals surface area contributed by atoms with E-state index in [4.69, 9.17) is 5.11 Å². The van der Waals surface area contributed by atoms with Gasteiger partial charge in [0.25, 0.3) is 0 Å². The molecule has 0 aromatic carbocycles. The third-order valence-corrected chi connectivity index (χ3v) is 3.01. The summed E-state index contributed by atoms with van der Waals surface area (Å²) >= 11 is 0. The summed E-state index contributed by atoms with van der Waals surface area (Å²) in [5.41, 5.74) is 0. The van der Waals surface area contributed by atoms with Crippen molar-refractivity contribution in [2.24, 2.45) is 11.8 Å². The van der Waals surface area contributed by atoms with Gasteiger partial charge in [0.05, 0.1) is 0 Å². The Bertz CT molecular complexity index is 151. The maximum atomic E-state index is 10.4. The summed E-state index contributed by atoms with van der Waals surface area (Å²) in [5.74, 6) is 0.704. The van der Waals surface area contributed by atoms with Crippen molar-refractivity contribution in [2.75, 3.05) is 0 Å².